The van der Waals surface area contributed by atoms with Gasteiger partial charge in [0, 0.05) is 0 Å². The molecule has 0 radical (unpaired) electrons. The summed E-state index contributed by atoms with van der Waals surface area (Å²) in [5.74, 6) is 0.229. The lowest BCUT2D eigenvalue weighted by molar-refractivity contribution is 0.474. The lowest BCUT2D eigenvalue weighted by Crippen LogP contribution is -1.80. The Morgan fingerprint density at radius 1 is 1.00 bits per heavy atom. The highest BCUT2D eigenvalue weighted by molar-refractivity contribution is 5.55. The second-order valence-electron chi connectivity index (χ2n) is 4.29. The number of azo groups is 1. The molecular formula is C15H13N3O. The molecule has 94 valence electrons. The van der Waals surface area contributed by atoms with Gasteiger partial charge in [-0.05, 0) is 61.4 Å². The number of benzene rings is 2. The van der Waals surface area contributed by atoms with Gasteiger partial charge in [-0.3, -0.25) is 0 Å². The van der Waals surface area contributed by atoms with E-state index in [2.05, 4.69) is 16.3 Å². The Morgan fingerprint density at radius 3 is 2.11 bits per heavy atom. The largest absolute Gasteiger partial charge is 0.508 e. The number of hydrogen-bond donors (Lipinski definition) is 1. The molecule has 4 heteroatoms. The zero-order chi connectivity index (χ0) is 13.8. The number of nitrogens with zero attached hydrogens (tertiary/aromatic N) is 3. The van der Waals surface area contributed by atoms with E-state index in [1.54, 1.807) is 36.4 Å². The van der Waals surface area contributed by atoms with Crippen LogP contribution in [0.4, 0.5) is 11.4 Å². The summed E-state index contributed by atoms with van der Waals surface area (Å²) in [5.41, 5.74) is 3.77. The van der Waals surface area contributed by atoms with Crippen molar-refractivity contribution in [1.29, 1.82) is 5.26 Å². The first-order chi connectivity index (χ1) is 9.10. The Hall–Kier alpha value is -2.67. The molecule has 0 atom stereocenters. The van der Waals surface area contributed by atoms with Crippen molar-refractivity contribution in [1.82, 2.24) is 0 Å². The Bertz CT molecular complexity index is 644. The van der Waals surface area contributed by atoms with Crippen LogP contribution >= 0.6 is 0 Å². The highest BCUT2D eigenvalue weighted by Crippen LogP contribution is 2.29. The lowest BCUT2D eigenvalue weighted by Gasteiger charge is -2.04. The fourth-order valence-electron chi connectivity index (χ4n) is 1.80. The van der Waals surface area contributed by atoms with Gasteiger partial charge >= 0.3 is 0 Å². The summed E-state index contributed by atoms with van der Waals surface area (Å²) in [6.07, 6.45) is 0. The average molecular weight is 251 g/mol. The van der Waals surface area contributed by atoms with Gasteiger partial charge in [0.25, 0.3) is 0 Å². The van der Waals surface area contributed by atoms with Crippen molar-refractivity contribution < 1.29 is 5.11 Å². The highest BCUT2D eigenvalue weighted by atomic mass is 16.3. The van der Waals surface area contributed by atoms with Crippen molar-refractivity contribution >= 4 is 11.4 Å². The molecule has 2 aromatic rings. The maximum absolute atomic E-state index is 9.46. The van der Waals surface area contributed by atoms with E-state index in [1.807, 2.05) is 13.8 Å². The lowest BCUT2D eigenvalue weighted by atomic mass is 10.1. The molecular weight excluding hydrogens is 238 g/mol. The number of aryl methyl sites for hydroxylation is 2. The molecule has 0 aliphatic rings. The van der Waals surface area contributed by atoms with E-state index in [0.29, 0.717) is 11.3 Å². The third kappa shape index (κ3) is 2.96. The molecule has 19 heavy (non-hydrogen) atoms. The molecule has 0 unspecified atom stereocenters. The van der Waals surface area contributed by atoms with E-state index < -0.39 is 0 Å². The second kappa shape index (κ2) is 5.32. The summed E-state index contributed by atoms with van der Waals surface area (Å²) in [6.45, 7) is 3.75. The first kappa shape index (κ1) is 12.8. The predicted molar refractivity (Wildman–Crippen MR) is 72.9 cm³/mol. The highest BCUT2D eigenvalue weighted by Gasteiger charge is 2.03. The van der Waals surface area contributed by atoms with E-state index in [4.69, 9.17) is 5.26 Å². The third-order valence-corrected chi connectivity index (χ3v) is 2.74. The molecule has 2 aromatic carbocycles. The molecule has 0 aromatic heterocycles. The molecule has 0 fully saturated rings. The minimum Gasteiger partial charge on any atom is -0.508 e. The van der Waals surface area contributed by atoms with E-state index in [-0.39, 0.29) is 5.75 Å². The van der Waals surface area contributed by atoms with E-state index in [0.717, 1.165) is 16.8 Å². The molecule has 1 N–H and O–H groups in total. The van der Waals surface area contributed by atoms with Crippen LogP contribution in [0.3, 0.4) is 0 Å². The topological polar surface area (TPSA) is 68.7 Å². The fraction of sp³-hybridized carbons (Fsp3) is 0.133. The third-order valence-electron chi connectivity index (χ3n) is 2.74. The zero-order valence-corrected chi connectivity index (χ0v) is 10.8. The maximum Gasteiger partial charge on any atom is 0.116 e. The van der Waals surface area contributed by atoms with Crippen LogP contribution in [0, 0.1) is 25.2 Å². The van der Waals surface area contributed by atoms with Gasteiger partial charge in [-0.2, -0.15) is 15.5 Å². The van der Waals surface area contributed by atoms with Crippen LogP contribution in [0.1, 0.15) is 16.7 Å². The van der Waals surface area contributed by atoms with E-state index in [9.17, 15) is 5.11 Å². The number of aromatic hydroxyl groups is 1. The maximum atomic E-state index is 9.46. The van der Waals surface area contributed by atoms with Crippen LogP contribution in [0.15, 0.2) is 46.6 Å². The summed E-state index contributed by atoms with van der Waals surface area (Å²) in [4.78, 5) is 0. The molecule has 0 saturated heterocycles. The van der Waals surface area contributed by atoms with Crippen LogP contribution < -0.4 is 0 Å². The second-order valence-corrected chi connectivity index (χ2v) is 4.29. The number of rotatable bonds is 2. The van der Waals surface area contributed by atoms with Crippen LogP contribution in [0.5, 0.6) is 5.75 Å². The summed E-state index contributed by atoms with van der Waals surface area (Å²) in [7, 11) is 0. The van der Waals surface area contributed by atoms with Gasteiger partial charge in [0.2, 0.25) is 0 Å². The smallest absolute Gasteiger partial charge is 0.116 e. The molecule has 4 nitrogen and oxygen atoms in total. The Morgan fingerprint density at radius 2 is 1.58 bits per heavy atom. The Labute approximate surface area is 111 Å². The monoisotopic (exact) mass is 251 g/mol. The van der Waals surface area contributed by atoms with Gasteiger partial charge in [-0.25, -0.2) is 0 Å². The van der Waals surface area contributed by atoms with Crippen molar-refractivity contribution in [2.75, 3.05) is 0 Å². The first-order valence-electron chi connectivity index (χ1n) is 5.82. The number of nitriles is 1. The molecule has 0 aliphatic carbocycles. The van der Waals surface area contributed by atoms with Crippen molar-refractivity contribution in [3.05, 3.63) is 53.1 Å². The van der Waals surface area contributed by atoms with Gasteiger partial charge in [0.15, 0.2) is 0 Å². The Kier molecular flexibility index (Phi) is 3.58. The van der Waals surface area contributed by atoms with Crippen LogP contribution in [0.25, 0.3) is 0 Å². The van der Waals surface area contributed by atoms with Crippen LogP contribution in [-0.4, -0.2) is 5.11 Å². The normalized spacial score (nSPS) is 10.6. The van der Waals surface area contributed by atoms with Crippen molar-refractivity contribution in [2.24, 2.45) is 10.2 Å². The van der Waals surface area contributed by atoms with Crippen molar-refractivity contribution in [3.63, 3.8) is 0 Å². The number of hydrogen-bond acceptors (Lipinski definition) is 4. The average Bonchev–Trinajstić information content (AvgIpc) is 2.38. The minimum atomic E-state index is 0.229. The van der Waals surface area contributed by atoms with Gasteiger partial charge in [0.1, 0.15) is 5.75 Å². The molecule has 0 bridgehead atoms. The van der Waals surface area contributed by atoms with Gasteiger partial charge < -0.3 is 5.11 Å². The molecule has 0 amide bonds. The van der Waals surface area contributed by atoms with Crippen molar-refractivity contribution in [3.8, 4) is 11.8 Å². The number of phenolic OH excluding ortho intramolecular Hbond substituents is 1. The van der Waals surface area contributed by atoms with Gasteiger partial charge in [0.05, 0.1) is 23.0 Å². The zero-order valence-electron chi connectivity index (χ0n) is 10.8. The van der Waals surface area contributed by atoms with Crippen molar-refractivity contribution in [2.45, 2.75) is 13.8 Å². The van der Waals surface area contributed by atoms with E-state index >= 15 is 0 Å². The van der Waals surface area contributed by atoms with Crippen LogP contribution in [0.2, 0.25) is 0 Å². The minimum absolute atomic E-state index is 0.229. The van der Waals surface area contributed by atoms with Crippen LogP contribution in [-0.2, 0) is 0 Å². The standard InChI is InChI=1S/C15H13N3O/c1-10-7-14(19)8-11(2)15(10)18-17-13-5-3-12(9-16)4-6-13/h3-8,19H,1-2H3. The molecule has 0 heterocycles. The predicted octanol–water partition coefficient (Wildman–Crippen LogP) is 4.30. The van der Waals surface area contributed by atoms with Gasteiger partial charge in [-0.15, -0.1) is 0 Å². The molecule has 2 rings (SSSR count). The van der Waals surface area contributed by atoms with Gasteiger partial charge in [-0.1, -0.05) is 0 Å². The molecule has 0 saturated carbocycles. The first-order valence-corrected chi connectivity index (χ1v) is 5.82. The molecule has 0 spiro atoms. The Balaban J connectivity index is 2.30. The summed E-state index contributed by atoms with van der Waals surface area (Å²) in [5, 5.41) is 26.5. The SMILES string of the molecule is Cc1cc(O)cc(C)c1N=Nc1ccc(C#N)cc1. The summed E-state index contributed by atoms with van der Waals surface area (Å²) in [6, 6.07) is 12.2. The van der Waals surface area contributed by atoms with E-state index in [1.165, 1.54) is 0 Å². The summed E-state index contributed by atoms with van der Waals surface area (Å²) < 4.78 is 0. The number of phenols is 1. The summed E-state index contributed by atoms with van der Waals surface area (Å²) >= 11 is 0. The fourth-order valence-corrected chi connectivity index (χ4v) is 1.80. The quantitative estimate of drug-likeness (QED) is 0.808. The molecule has 0 aliphatic heterocycles.